The number of halogens is 3. The first kappa shape index (κ1) is 19.1. The second kappa shape index (κ2) is 6.15. The fourth-order valence-electron chi connectivity index (χ4n) is 3.13. The molecular formula is C16H20BF3N6O2. The Balaban J connectivity index is 1.49. The van der Waals surface area contributed by atoms with Crippen LogP contribution in [-0.2, 0) is 28.6 Å². The minimum absolute atomic E-state index is 0.111. The van der Waals surface area contributed by atoms with E-state index < -0.39 is 30.3 Å². The van der Waals surface area contributed by atoms with Crippen molar-refractivity contribution in [2.75, 3.05) is 11.4 Å². The predicted molar refractivity (Wildman–Crippen MR) is 93.8 cm³/mol. The number of hydrogen-bond donors (Lipinski definition) is 0. The zero-order chi connectivity index (χ0) is 20.3. The SMILES string of the molecule is CC1(C)OB(c2cnc(N3CCn4c(nnc4C(F)(F)F)C3)nc2)OC1(C)C. The van der Waals surface area contributed by atoms with Gasteiger partial charge >= 0.3 is 13.3 Å². The Hall–Kier alpha value is -2.21. The van der Waals surface area contributed by atoms with Crippen LogP contribution >= 0.6 is 0 Å². The summed E-state index contributed by atoms with van der Waals surface area (Å²) in [7, 11) is -0.571. The molecule has 1 saturated heterocycles. The first-order valence-corrected chi connectivity index (χ1v) is 8.90. The standard InChI is InChI=1S/C16H20BF3N6O2/c1-14(2)15(3,4)28-17(27-14)10-7-21-13(22-8-10)25-5-6-26-11(9-25)23-24-12(26)16(18,19)20/h7-8H,5-6,9H2,1-4H3. The molecule has 0 amide bonds. The van der Waals surface area contributed by atoms with E-state index in [1.807, 2.05) is 27.7 Å². The lowest BCUT2D eigenvalue weighted by Crippen LogP contribution is -2.41. The van der Waals surface area contributed by atoms with Crippen molar-refractivity contribution in [1.82, 2.24) is 24.7 Å². The molecule has 28 heavy (non-hydrogen) atoms. The molecule has 150 valence electrons. The lowest BCUT2D eigenvalue weighted by atomic mass is 9.81. The molecule has 0 atom stereocenters. The zero-order valence-electron chi connectivity index (χ0n) is 16.0. The molecule has 2 aliphatic heterocycles. The highest BCUT2D eigenvalue weighted by molar-refractivity contribution is 6.61. The lowest BCUT2D eigenvalue weighted by Gasteiger charge is -2.32. The monoisotopic (exact) mass is 396 g/mol. The number of fused-ring (bicyclic) bond motifs is 1. The Morgan fingerprint density at radius 2 is 1.61 bits per heavy atom. The van der Waals surface area contributed by atoms with Crippen LogP contribution in [0.5, 0.6) is 0 Å². The van der Waals surface area contributed by atoms with Crippen LogP contribution in [0.2, 0.25) is 0 Å². The highest BCUT2D eigenvalue weighted by Crippen LogP contribution is 2.36. The molecule has 0 aliphatic carbocycles. The molecule has 0 saturated carbocycles. The maximum Gasteiger partial charge on any atom is 0.498 e. The molecule has 4 rings (SSSR count). The summed E-state index contributed by atoms with van der Waals surface area (Å²) < 4.78 is 51.9. The van der Waals surface area contributed by atoms with Gasteiger partial charge in [0.25, 0.3) is 0 Å². The van der Waals surface area contributed by atoms with Gasteiger partial charge in [-0.25, -0.2) is 9.97 Å². The Morgan fingerprint density at radius 1 is 1.00 bits per heavy atom. The van der Waals surface area contributed by atoms with E-state index in [2.05, 4.69) is 20.2 Å². The minimum Gasteiger partial charge on any atom is -0.399 e. The number of alkyl halides is 3. The van der Waals surface area contributed by atoms with Crippen molar-refractivity contribution in [2.45, 2.75) is 58.2 Å². The molecular weight excluding hydrogens is 376 g/mol. The van der Waals surface area contributed by atoms with Crippen molar-refractivity contribution in [1.29, 1.82) is 0 Å². The number of nitrogens with zero attached hydrogens (tertiary/aromatic N) is 6. The molecule has 4 heterocycles. The third-order valence-electron chi connectivity index (χ3n) is 5.47. The molecule has 0 radical (unpaired) electrons. The van der Waals surface area contributed by atoms with Crippen molar-refractivity contribution in [3.63, 3.8) is 0 Å². The third-order valence-corrected chi connectivity index (χ3v) is 5.47. The Kier molecular flexibility index (Phi) is 4.20. The summed E-state index contributed by atoms with van der Waals surface area (Å²) in [5.74, 6) is -0.334. The zero-order valence-corrected chi connectivity index (χ0v) is 16.0. The molecule has 0 unspecified atom stereocenters. The van der Waals surface area contributed by atoms with E-state index in [1.54, 1.807) is 17.3 Å². The van der Waals surface area contributed by atoms with E-state index in [0.29, 0.717) is 18.0 Å². The summed E-state index contributed by atoms with van der Waals surface area (Å²) in [6.45, 7) is 8.42. The van der Waals surface area contributed by atoms with Crippen LogP contribution in [0.1, 0.15) is 39.3 Å². The fraction of sp³-hybridized carbons (Fsp3) is 0.625. The first-order chi connectivity index (χ1) is 13.0. The van der Waals surface area contributed by atoms with Crippen LogP contribution in [0.25, 0.3) is 0 Å². The molecule has 0 bridgehead atoms. The predicted octanol–water partition coefficient (Wildman–Crippen LogP) is 1.41. The number of anilines is 1. The second-order valence-electron chi connectivity index (χ2n) is 7.92. The van der Waals surface area contributed by atoms with Crippen molar-refractivity contribution in [3.05, 3.63) is 24.0 Å². The quantitative estimate of drug-likeness (QED) is 0.711. The van der Waals surface area contributed by atoms with Gasteiger partial charge in [0.15, 0.2) is 5.82 Å². The van der Waals surface area contributed by atoms with Gasteiger partial charge in [-0.3, -0.25) is 0 Å². The molecule has 0 spiro atoms. The average Bonchev–Trinajstić information content (AvgIpc) is 3.12. The van der Waals surface area contributed by atoms with Crippen LogP contribution in [0.15, 0.2) is 12.4 Å². The maximum absolute atomic E-state index is 12.9. The lowest BCUT2D eigenvalue weighted by molar-refractivity contribution is -0.147. The van der Waals surface area contributed by atoms with E-state index in [4.69, 9.17) is 9.31 Å². The molecule has 8 nitrogen and oxygen atoms in total. The molecule has 2 aromatic rings. The molecule has 2 aromatic heterocycles. The van der Waals surface area contributed by atoms with Crippen LogP contribution < -0.4 is 10.4 Å². The summed E-state index contributed by atoms with van der Waals surface area (Å²) in [5.41, 5.74) is -0.255. The second-order valence-corrected chi connectivity index (χ2v) is 7.92. The first-order valence-electron chi connectivity index (χ1n) is 8.90. The van der Waals surface area contributed by atoms with Gasteiger partial charge in [-0.15, -0.1) is 10.2 Å². The number of aromatic nitrogens is 5. The Labute approximate surface area is 160 Å². The summed E-state index contributed by atoms with van der Waals surface area (Å²) in [6.07, 6.45) is -1.29. The van der Waals surface area contributed by atoms with E-state index in [-0.39, 0.29) is 18.9 Å². The third kappa shape index (κ3) is 3.14. The van der Waals surface area contributed by atoms with Gasteiger partial charge in [0, 0.05) is 30.9 Å². The molecule has 1 fully saturated rings. The van der Waals surface area contributed by atoms with Gasteiger partial charge < -0.3 is 18.8 Å². The van der Waals surface area contributed by atoms with Crippen molar-refractivity contribution < 1.29 is 22.5 Å². The summed E-state index contributed by atoms with van der Waals surface area (Å²) >= 11 is 0. The summed E-state index contributed by atoms with van der Waals surface area (Å²) in [4.78, 5) is 10.5. The number of rotatable bonds is 2. The van der Waals surface area contributed by atoms with E-state index in [9.17, 15) is 13.2 Å². The Bertz CT molecular complexity index is 867. The van der Waals surface area contributed by atoms with Gasteiger partial charge in [-0.05, 0) is 27.7 Å². The van der Waals surface area contributed by atoms with Gasteiger partial charge in [0.2, 0.25) is 11.8 Å². The van der Waals surface area contributed by atoms with Crippen molar-refractivity contribution in [3.8, 4) is 0 Å². The van der Waals surface area contributed by atoms with E-state index in [1.165, 1.54) is 0 Å². The fourth-order valence-corrected chi connectivity index (χ4v) is 3.13. The summed E-state index contributed by atoms with van der Waals surface area (Å²) in [6, 6.07) is 0. The molecule has 12 heteroatoms. The van der Waals surface area contributed by atoms with Gasteiger partial charge in [0.1, 0.15) is 0 Å². The number of hydrogen-bond acceptors (Lipinski definition) is 7. The average molecular weight is 396 g/mol. The molecule has 0 aromatic carbocycles. The van der Waals surface area contributed by atoms with E-state index in [0.717, 1.165) is 4.57 Å². The van der Waals surface area contributed by atoms with Crippen LogP contribution in [0, 0.1) is 0 Å². The van der Waals surface area contributed by atoms with Crippen LogP contribution in [-0.4, -0.2) is 49.6 Å². The maximum atomic E-state index is 12.9. The highest BCUT2D eigenvalue weighted by Gasteiger charge is 2.52. The normalized spacial score (nSPS) is 21.1. The van der Waals surface area contributed by atoms with Gasteiger partial charge in [0.05, 0.1) is 17.7 Å². The smallest absolute Gasteiger partial charge is 0.399 e. The minimum atomic E-state index is -4.52. The van der Waals surface area contributed by atoms with Gasteiger partial charge in [-0.2, -0.15) is 13.2 Å². The Morgan fingerprint density at radius 3 is 2.18 bits per heavy atom. The van der Waals surface area contributed by atoms with Gasteiger partial charge in [-0.1, -0.05) is 0 Å². The van der Waals surface area contributed by atoms with Crippen LogP contribution in [0.3, 0.4) is 0 Å². The van der Waals surface area contributed by atoms with Crippen molar-refractivity contribution >= 4 is 18.5 Å². The van der Waals surface area contributed by atoms with Crippen LogP contribution in [0.4, 0.5) is 19.1 Å². The molecule has 2 aliphatic rings. The molecule has 0 N–H and O–H groups in total. The van der Waals surface area contributed by atoms with Crippen molar-refractivity contribution in [2.24, 2.45) is 0 Å². The highest BCUT2D eigenvalue weighted by atomic mass is 19.4. The largest absolute Gasteiger partial charge is 0.498 e. The topological polar surface area (TPSA) is 78.2 Å². The van der Waals surface area contributed by atoms with E-state index >= 15 is 0 Å². The summed E-state index contributed by atoms with van der Waals surface area (Å²) in [5, 5.41) is 6.95.